The first-order chi connectivity index (χ1) is 7.31. The van der Waals surface area contributed by atoms with Gasteiger partial charge in [0, 0.05) is 26.4 Å². The van der Waals surface area contributed by atoms with Crippen LogP contribution in [0.5, 0.6) is 0 Å². The number of halogens is 1. The van der Waals surface area contributed by atoms with Gasteiger partial charge in [0.05, 0.1) is 0 Å². The largest absolute Gasteiger partial charge is 0.237 e. The van der Waals surface area contributed by atoms with Gasteiger partial charge in [0.2, 0.25) is 0 Å². The number of rotatable bonds is 2. The van der Waals surface area contributed by atoms with Crippen LogP contribution in [-0.2, 0) is 0 Å². The maximum Gasteiger partial charge on any atom is 0.160 e. The molecule has 0 saturated heterocycles. The van der Waals surface area contributed by atoms with Crippen LogP contribution >= 0.6 is 34.4 Å². The van der Waals surface area contributed by atoms with Crippen molar-refractivity contribution in [1.82, 2.24) is 9.97 Å². The first-order valence-electron chi connectivity index (χ1n) is 4.42. The van der Waals surface area contributed by atoms with E-state index in [1.807, 2.05) is 6.07 Å². The fraction of sp³-hybridized carbons (Fsp3) is 0.0909. The lowest BCUT2D eigenvalue weighted by Gasteiger charge is -2.05. The van der Waals surface area contributed by atoms with E-state index in [1.54, 1.807) is 24.2 Å². The summed E-state index contributed by atoms with van der Waals surface area (Å²) in [5.41, 5.74) is 1.10. The summed E-state index contributed by atoms with van der Waals surface area (Å²) in [5, 5.41) is 0. The zero-order valence-electron chi connectivity index (χ0n) is 8.14. The van der Waals surface area contributed by atoms with Gasteiger partial charge in [-0.1, -0.05) is 0 Å². The molecule has 1 aromatic heterocycles. The van der Waals surface area contributed by atoms with E-state index in [0.717, 1.165) is 11.4 Å². The minimum Gasteiger partial charge on any atom is -0.237 e. The highest BCUT2D eigenvalue weighted by Crippen LogP contribution is 2.29. The molecule has 2 rings (SSSR count). The van der Waals surface area contributed by atoms with Gasteiger partial charge in [-0.25, -0.2) is 9.97 Å². The standard InChI is InChI=1S/C11H9IN2S/c1-15-10-7-8(12)3-4-9(10)11-13-5-2-6-14-11/h2-7H,1H3. The van der Waals surface area contributed by atoms with Gasteiger partial charge in [-0.15, -0.1) is 11.8 Å². The van der Waals surface area contributed by atoms with E-state index in [0.29, 0.717) is 0 Å². The third-order valence-corrected chi connectivity index (χ3v) is 3.42. The summed E-state index contributed by atoms with van der Waals surface area (Å²) in [4.78, 5) is 9.74. The van der Waals surface area contributed by atoms with E-state index in [2.05, 4.69) is 57.0 Å². The molecule has 2 aromatic rings. The van der Waals surface area contributed by atoms with Crippen LogP contribution in [-0.4, -0.2) is 16.2 Å². The summed E-state index contributed by atoms with van der Waals surface area (Å²) in [6.07, 6.45) is 5.60. The molecule has 0 saturated carbocycles. The quantitative estimate of drug-likeness (QED) is 0.624. The second-order valence-corrected chi connectivity index (χ2v) is 5.01. The van der Waals surface area contributed by atoms with Gasteiger partial charge >= 0.3 is 0 Å². The first kappa shape index (κ1) is 10.9. The Morgan fingerprint density at radius 3 is 2.60 bits per heavy atom. The summed E-state index contributed by atoms with van der Waals surface area (Å²) in [6, 6.07) is 8.13. The van der Waals surface area contributed by atoms with Crippen LogP contribution < -0.4 is 0 Å². The Bertz CT molecular complexity index is 459. The third kappa shape index (κ3) is 2.49. The number of benzene rings is 1. The average Bonchev–Trinajstić information content (AvgIpc) is 2.30. The summed E-state index contributed by atoms with van der Waals surface area (Å²) in [5.74, 6) is 0.790. The molecule has 76 valence electrons. The number of hydrogen-bond acceptors (Lipinski definition) is 3. The Kier molecular flexibility index (Phi) is 3.58. The molecule has 4 heteroatoms. The number of thioether (sulfide) groups is 1. The lowest BCUT2D eigenvalue weighted by molar-refractivity contribution is 1.16. The molecule has 0 atom stereocenters. The molecule has 0 bridgehead atoms. The molecule has 0 aliphatic rings. The number of aromatic nitrogens is 2. The topological polar surface area (TPSA) is 25.8 Å². The van der Waals surface area contributed by atoms with Gasteiger partial charge in [-0.2, -0.15) is 0 Å². The molecule has 0 unspecified atom stereocenters. The monoisotopic (exact) mass is 328 g/mol. The Labute approximate surface area is 107 Å². The first-order valence-corrected chi connectivity index (χ1v) is 6.72. The van der Waals surface area contributed by atoms with Gasteiger partial charge in [-0.05, 0) is 53.1 Å². The van der Waals surface area contributed by atoms with Gasteiger partial charge in [0.25, 0.3) is 0 Å². The summed E-state index contributed by atoms with van der Waals surface area (Å²) in [6.45, 7) is 0. The number of nitrogens with zero attached hydrogens (tertiary/aromatic N) is 2. The lowest BCUT2D eigenvalue weighted by Crippen LogP contribution is -1.89. The second kappa shape index (κ2) is 4.94. The van der Waals surface area contributed by atoms with E-state index in [1.165, 1.54) is 8.47 Å². The van der Waals surface area contributed by atoms with Crippen LogP contribution in [0.1, 0.15) is 0 Å². The maximum atomic E-state index is 4.26. The summed E-state index contributed by atoms with van der Waals surface area (Å²) >= 11 is 4.03. The molecule has 0 aliphatic carbocycles. The predicted molar refractivity (Wildman–Crippen MR) is 72.0 cm³/mol. The van der Waals surface area contributed by atoms with Crippen LogP contribution in [0.25, 0.3) is 11.4 Å². The van der Waals surface area contributed by atoms with Crippen molar-refractivity contribution in [2.75, 3.05) is 6.26 Å². The molecule has 0 fully saturated rings. The van der Waals surface area contributed by atoms with Crippen molar-refractivity contribution < 1.29 is 0 Å². The number of hydrogen-bond donors (Lipinski definition) is 0. The van der Waals surface area contributed by atoms with E-state index in [9.17, 15) is 0 Å². The van der Waals surface area contributed by atoms with Crippen LogP contribution in [0.15, 0.2) is 41.6 Å². The van der Waals surface area contributed by atoms with Crippen molar-refractivity contribution in [2.24, 2.45) is 0 Å². The molecule has 0 amide bonds. The van der Waals surface area contributed by atoms with E-state index in [4.69, 9.17) is 0 Å². The lowest BCUT2D eigenvalue weighted by atomic mass is 10.2. The fourth-order valence-electron chi connectivity index (χ4n) is 1.29. The van der Waals surface area contributed by atoms with E-state index in [-0.39, 0.29) is 0 Å². The molecular formula is C11H9IN2S. The molecule has 1 heterocycles. The van der Waals surface area contributed by atoms with E-state index < -0.39 is 0 Å². The summed E-state index contributed by atoms with van der Waals surface area (Å²) in [7, 11) is 0. The maximum absolute atomic E-state index is 4.26. The zero-order valence-corrected chi connectivity index (χ0v) is 11.1. The normalized spacial score (nSPS) is 10.3. The molecule has 0 spiro atoms. The Hall–Kier alpha value is -0.620. The van der Waals surface area contributed by atoms with Crippen molar-refractivity contribution in [3.8, 4) is 11.4 Å². The summed E-state index contributed by atoms with van der Waals surface area (Å²) < 4.78 is 1.23. The van der Waals surface area contributed by atoms with Crippen LogP contribution in [0.2, 0.25) is 0 Å². The van der Waals surface area contributed by atoms with Crippen molar-refractivity contribution >= 4 is 34.4 Å². The van der Waals surface area contributed by atoms with Crippen molar-refractivity contribution in [2.45, 2.75) is 4.90 Å². The molecule has 0 aliphatic heterocycles. The molecule has 2 nitrogen and oxygen atoms in total. The van der Waals surface area contributed by atoms with Gasteiger partial charge in [-0.3, -0.25) is 0 Å². The molecule has 1 aromatic carbocycles. The van der Waals surface area contributed by atoms with E-state index >= 15 is 0 Å². The minimum atomic E-state index is 0.790. The van der Waals surface area contributed by atoms with Gasteiger partial charge in [0.1, 0.15) is 0 Å². The highest BCUT2D eigenvalue weighted by atomic mass is 127. The van der Waals surface area contributed by atoms with Gasteiger partial charge < -0.3 is 0 Å². The van der Waals surface area contributed by atoms with Crippen molar-refractivity contribution in [1.29, 1.82) is 0 Å². The highest BCUT2D eigenvalue weighted by molar-refractivity contribution is 14.1. The van der Waals surface area contributed by atoms with Crippen molar-refractivity contribution in [3.05, 3.63) is 40.2 Å². The zero-order chi connectivity index (χ0) is 10.7. The Morgan fingerprint density at radius 2 is 1.93 bits per heavy atom. The highest BCUT2D eigenvalue weighted by Gasteiger charge is 2.06. The fourth-order valence-corrected chi connectivity index (χ4v) is 2.61. The molecule has 0 radical (unpaired) electrons. The minimum absolute atomic E-state index is 0.790. The van der Waals surface area contributed by atoms with Crippen LogP contribution in [0.3, 0.4) is 0 Å². The Morgan fingerprint density at radius 1 is 1.20 bits per heavy atom. The third-order valence-electron chi connectivity index (χ3n) is 1.97. The second-order valence-electron chi connectivity index (χ2n) is 2.92. The van der Waals surface area contributed by atoms with Crippen LogP contribution in [0, 0.1) is 3.57 Å². The smallest absolute Gasteiger partial charge is 0.160 e. The average molecular weight is 328 g/mol. The Balaban J connectivity index is 2.53. The van der Waals surface area contributed by atoms with Crippen LogP contribution in [0.4, 0.5) is 0 Å². The SMILES string of the molecule is CSc1cc(I)ccc1-c1ncccn1. The molecular weight excluding hydrogens is 319 g/mol. The van der Waals surface area contributed by atoms with Crippen molar-refractivity contribution in [3.63, 3.8) is 0 Å². The predicted octanol–water partition coefficient (Wildman–Crippen LogP) is 3.47. The van der Waals surface area contributed by atoms with Gasteiger partial charge in [0.15, 0.2) is 5.82 Å². The molecule has 0 N–H and O–H groups in total. The molecule has 15 heavy (non-hydrogen) atoms.